The van der Waals surface area contributed by atoms with Crippen LogP contribution in [-0.4, -0.2) is 63.0 Å². The van der Waals surface area contributed by atoms with Gasteiger partial charge in [0, 0.05) is 0 Å². The first kappa shape index (κ1) is 9.11. The third-order valence-corrected chi connectivity index (χ3v) is 0. The Kier molecular flexibility index (Phi) is 20.1. The molecule has 0 aromatic rings. The van der Waals surface area contributed by atoms with Crippen molar-refractivity contribution in [3.63, 3.8) is 0 Å². The molecule has 0 rings (SSSR count). The van der Waals surface area contributed by atoms with Crippen molar-refractivity contribution < 1.29 is 2.85 Å². The van der Waals surface area contributed by atoms with Gasteiger partial charge < -0.3 is 8.17 Å². The molecule has 0 aliphatic rings. The minimum absolute atomic E-state index is 0. The maximum atomic E-state index is 2.75. The molecule has 0 spiro atoms. The Morgan fingerprint density at radius 1 is 1.50 bits per heavy atom. The van der Waals surface area contributed by atoms with E-state index in [0.717, 1.165) is 0 Å². The van der Waals surface area contributed by atoms with Crippen molar-refractivity contribution in [3.05, 3.63) is 0 Å². The summed E-state index contributed by atoms with van der Waals surface area (Å²) >= 11 is 0. The zero-order chi connectivity index (χ0) is 2.71. The molecule has 0 radical (unpaired) electrons. The fourth-order valence-electron chi connectivity index (χ4n) is 0. The Morgan fingerprint density at radius 2 is 1.50 bits per heavy atom. The van der Waals surface area contributed by atoms with Gasteiger partial charge in [-0.25, -0.2) is 0 Å². The van der Waals surface area contributed by atoms with Crippen LogP contribution in [-0.2, 0) is 0 Å². The number of hydrogen-bond donors (Lipinski definition) is 1. The normalized spacial score (nSPS) is 4.50. The van der Waals surface area contributed by atoms with Gasteiger partial charge in [0.05, 0.1) is 0 Å². The van der Waals surface area contributed by atoms with Crippen molar-refractivity contribution in [3.8, 4) is 0 Å². The fourth-order valence-corrected chi connectivity index (χ4v) is 0. The SMILES string of the molecule is CNC.[Ba+2].[H-].[H-]. The van der Waals surface area contributed by atoms with Gasteiger partial charge in [-0.3, -0.25) is 0 Å². The van der Waals surface area contributed by atoms with E-state index in [9.17, 15) is 0 Å². The average Bonchev–Trinajstić information content (AvgIpc) is 0.918. The predicted molar refractivity (Wildman–Crippen MR) is 23.0 cm³/mol. The molecule has 24 valence electrons. The Hall–Kier alpha value is 1.53. The molecule has 4 heavy (non-hydrogen) atoms. The first-order chi connectivity index (χ1) is 1.41. The van der Waals surface area contributed by atoms with Crippen LogP contribution in [0, 0.1) is 0 Å². The van der Waals surface area contributed by atoms with Crippen LogP contribution in [0.3, 0.4) is 0 Å². The summed E-state index contributed by atoms with van der Waals surface area (Å²) in [5.41, 5.74) is 0. The Labute approximate surface area is 70.2 Å². The van der Waals surface area contributed by atoms with E-state index in [4.69, 9.17) is 0 Å². The molecule has 1 N–H and O–H groups in total. The molecule has 0 aliphatic heterocycles. The Balaban J connectivity index is -0.00000000667. The summed E-state index contributed by atoms with van der Waals surface area (Å²) in [7, 11) is 3.75. The second-order valence-corrected chi connectivity index (χ2v) is 0.500. The van der Waals surface area contributed by atoms with Crippen LogP contribution in [0.15, 0.2) is 0 Å². The van der Waals surface area contributed by atoms with Crippen molar-refractivity contribution in [2.75, 3.05) is 14.1 Å². The van der Waals surface area contributed by atoms with Crippen LogP contribution < -0.4 is 5.32 Å². The van der Waals surface area contributed by atoms with Crippen molar-refractivity contribution in [2.45, 2.75) is 0 Å². The molecule has 0 saturated heterocycles. The van der Waals surface area contributed by atoms with Gasteiger partial charge in [0.25, 0.3) is 0 Å². The zero-order valence-corrected chi connectivity index (χ0v) is 7.65. The third kappa shape index (κ3) is 9.65. The quantitative estimate of drug-likeness (QED) is 0.509. The van der Waals surface area contributed by atoms with Crippen molar-refractivity contribution >= 4 is 48.9 Å². The summed E-state index contributed by atoms with van der Waals surface area (Å²) in [4.78, 5) is 0. The summed E-state index contributed by atoms with van der Waals surface area (Å²) in [6.07, 6.45) is 0. The van der Waals surface area contributed by atoms with Crippen LogP contribution in [0.2, 0.25) is 0 Å². The topological polar surface area (TPSA) is 12.0 Å². The molecule has 0 amide bonds. The van der Waals surface area contributed by atoms with E-state index in [1.54, 1.807) is 0 Å². The molecular formula is C2H9BaN. The van der Waals surface area contributed by atoms with Crippen molar-refractivity contribution in [1.82, 2.24) is 5.32 Å². The molecule has 0 heterocycles. The monoisotopic (exact) mass is 185 g/mol. The molecule has 2 heteroatoms. The summed E-state index contributed by atoms with van der Waals surface area (Å²) in [5, 5.41) is 2.75. The predicted octanol–water partition coefficient (Wildman–Crippen LogP) is -0.320. The van der Waals surface area contributed by atoms with Gasteiger partial charge in [0.1, 0.15) is 0 Å². The number of rotatable bonds is 0. The third-order valence-electron chi connectivity index (χ3n) is 0. The molecule has 0 aromatic carbocycles. The molecule has 0 saturated carbocycles. The van der Waals surface area contributed by atoms with Crippen molar-refractivity contribution in [2.24, 2.45) is 0 Å². The van der Waals surface area contributed by atoms with E-state index in [1.165, 1.54) is 0 Å². The summed E-state index contributed by atoms with van der Waals surface area (Å²) in [6.45, 7) is 0. The molecule has 0 bridgehead atoms. The maximum absolute atomic E-state index is 2.75. The average molecular weight is 184 g/mol. The van der Waals surface area contributed by atoms with Gasteiger partial charge in [-0.05, 0) is 14.1 Å². The molecular weight excluding hydrogens is 175 g/mol. The molecule has 1 nitrogen and oxygen atoms in total. The standard InChI is InChI=1S/C2H7N.Ba.2H/c1-3-2;;;/h3H,1-2H3;;;/q;+2;2*-1. The zero-order valence-electron chi connectivity index (χ0n) is 5.21. The summed E-state index contributed by atoms with van der Waals surface area (Å²) in [5.74, 6) is 0. The molecule has 0 unspecified atom stereocenters. The molecule has 0 aliphatic carbocycles. The van der Waals surface area contributed by atoms with E-state index in [1.807, 2.05) is 14.1 Å². The molecule has 0 fully saturated rings. The van der Waals surface area contributed by atoms with Crippen LogP contribution in [0.1, 0.15) is 2.85 Å². The first-order valence-electron chi connectivity index (χ1n) is 1.00. The van der Waals surface area contributed by atoms with Crippen LogP contribution in [0.4, 0.5) is 0 Å². The van der Waals surface area contributed by atoms with E-state index in [2.05, 4.69) is 5.32 Å². The van der Waals surface area contributed by atoms with Crippen LogP contribution >= 0.6 is 0 Å². The number of nitrogens with one attached hydrogen (secondary N) is 1. The first-order valence-corrected chi connectivity index (χ1v) is 1.00. The van der Waals surface area contributed by atoms with Gasteiger partial charge in [0.15, 0.2) is 0 Å². The van der Waals surface area contributed by atoms with Gasteiger partial charge >= 0.3 is 48.9 Å². The van der Waals surface area contributed by atoms with Gasteiger partial charge in [-0.1, -0.05) is 0 Å². The van der Waals surface area contributed by atoms with Crippen molar-refractivity contribution in [1.29, 1.82) is 0 Å². The van der Waals surface area contributed by atoms with E-state index in [0.29, 0.717) is 0 Å². The maximum Gasteiger partial charge on any atom is 2.00 e. The van der Waals surface area contributed by atoms with E-state index >= 15 is 0 Å². The minimum Gasteiger partial charge on any atom is -1.00 e. The largest absolute Gasteiger partial charge is 2.00 e. The van der Waals surface area contributed by atoms with E-state index in [-0.39, 0.29) is 51.7 Å². The Morgan fingerprint density at radius 3 is 1.50 bits per heavy atom. The Bertz CT molecular complexity index is 11.5. The van der Waals surface area contributed by atoms with Crippen LogP contribution in [0.5, 0.6) is 0 Å². The van der Waals surface area contributed by atoms with Crippen LogP contribution in [0.25, 0.3) is 0 Å². The second-order valence-electron chi connectivity index (χ2n) is 0.500. The smallest absolute Gasteiger partial charge is 1.00 e. The van der Waals surface area contributed by atoms with E-state index < -0.39 is 0 Å². The molecule has 0 aromatic heterocycles. The minimum atomic E-state index is 0. The molecule has 0 atom stereocenters. The second kappa shape index (κ2) is 8.82. The summed E-state index contributed by atoms with van der Waals surface area (Å²) < 4.78 is 0. The van der Waals surface area contributed by atoms with Gasteiger partial charge in [-0.2, -0.15) is 0 Å². The fraction of sp³-hybridized carbons (Fsp3) is 1.00. The summed E-state index contributed by atoms with van der Waals surface area (Å²) in [6, 6.07) is 0. The van der Waals surface area contributed by atoms with Gasteiger partial charge in [0.2, 0.25) is 0 Å². The number of hydrogen-bond acceptors (Lipinski definition) is 1. The van der Waals surface area contributed by atoms with Gasteiger partial charge in [-0.15, -0.1) is 0 Å².